The van der Waals surface area contributed by atoms with Crippen LogP contribution in [0.5, 0.6) is 0 Å². The SMILES string of the molecule is BrCCCCBr.CN(C)c1ccc(N=NC2=NC=CC2)cc1.CN(C)c1ccc(N=Nc2n(CCCCBr)cc[n+]2CCCCBr)cc1.CN(C)c1ccc(N=Nc2n(CCCCN)cc[n+]2CCCCN)cc1.[Br-].[Br-]. The summed E-state index contributed by atoms with van der Waals surface area (Å²) in [5.41, 5.74) is 17.2. The number of anilines is 3. The van der Waals surface area contributed by atoms with Gasteiger partial charge in [0.15, 0.2) is 5.84 Å². The molecule has 0 fully saturated rings. The number of aliphatic imine (C=N–C) groups is 1. The Morgan fingerprint density at radius 2 is 0.816 bits per heavy atom. The number of unbranched alkanes of at least 4 members (excludes halogenated alkanes) is 5. The van der Waals surface area contributed by atoms with Crippen molar-refractivity contribution in [3.63, 3.8) is 0 Å². The van der Waals surface area contributed by atoms with Crippen molar-refractivity contribution in [2.24, 2.45) is 47.1 Å². The Balaban J connectivity index is 0.000000545. The zero-order valence-corrected chi connectivity index (χ0v) is 54.9. The number of amidine groups is 1. The molecular weight excluding hydrogens is 1350 g/mol. The third-order valence-electron chi connectivity index (χ3n) is 11.2. The van der Waals surface area contributed by atoms with E-state index in [1.54, 1.807) is 6.20 Å². The molecule has 0 bridgehead atoms. The zero-order valence-electron chi connectivity index (χ0n) is 45.4. The third-order valence-corrected chi connectivity index (χ3v) is 13.4. The van der Waals surface area contributed by atoms with Crippen LogP contribution < -0.4 is 69.3 Å². The molecule has 1 aliphatic heterocycles. The molecule has 0 spiro atoms. The smallest absolute Gasteiger partial charge is 0.421 e. The first-order valence-electron chi connectivity index (χ1n) is 25.6. The first-order chi connectivity index (χ1) is 36.0. The molecule has 3 heterocycles. The van der Waals surface area contributed by atoms with Crippen LogP contribution in [0, 0.1) is 0 Å². The number of nitrogens with two attached hydrogens (primary N) is 2. The number of alkyl halides is 4. The van der Waals surface area contributed by atoms with E-state index < -0.39 is 0 Å². The van der Waals surface area contributed by atoms with Gasteiger partial charge in [-0.25, -0.2) is 23.3 Å². The molecule has 3 aromatic carbocycles. The molecule has 0 saturated carbocycles. The fraction of sp³-hybridized carbons (Fsp3) is 0.500. The summed E-state index contributed by atoms with van der Waals surface area (Å²) in [5, 5.41) is 30.6. The third kappa shape index (κ3) is 28.4. The number of halogens is 6. The minimum atomic E-state index is 0. The van der Waals surface area contributed by atoms with Gasteiger partial charge in [0.05, 0.1) is 56.7 Å². The quantitative estimate of drug-likeness (QED) is 0.0235. The van der Waals surface area contributed by atoms with Crippen LogP contribution in [0.15, 0.2) is 146 Å². The highest BCUT2D eigenvalue weighted by molar-refractivity contribution is 9.09. The predicted molar refractivity (Wildman–Crippen MR) is 325 cm³/mol. The van der Waals surface area contributed by atoms with Crippen molar-refractivity contribution < 1.29 is 43.1 Å². The van der Waals surface area contributed by atoms with Gasteiger partial charge in [-0.2, -0.15) is 0 Å². The van der Waals surface area contributed by atoms with Crippen molar-refractivity contribution >= 4 is 116 Å². The standard InChI is InChI=1S/C19H28Br2N5.C19H32N7.C12H14N4.C4H8Br2.2BrH/c2*1-24(2)18-9-7-17(8-10-18)22-23-19-25(13-5-3-11-20)15-16-26(19)14-6-4-12-21;1-16(2)11-7-5-10(6-8-11)14-15-12-4-3-9-13-12;5-3-1-2-4-6;;/h7-10,15-16H,3-6,11-14H2,1-2H3;7-10,15-16H,3-6,11-14,20-21H2,1-2H3;3,5-9H,4H2,1-2H3;1-4H2;2*1H/q2*+1;;;;/p-2. The van der Waals surface area contributed by atoms with Crippen LogP contribution in [0.4, 0.5) is 46.0 Å². The average molecular weight is 1430 g/mol. The number of aryl methyl sites for hydroxylation is 4. The average Bonchev–Trinajstić information content (AvgIpc) is 4.18. The van der Waals surface area contributed by atoms with Crippen LogP contribution in [-0.4, -0.2) is 91.7 Å². The van der Waals surface area contributed by atoms with Gasteiger partial charge in [0.1, 0.15) is 11.4 Å². The van der Waals surface area contributed by atoms with Gasteiger partial charge < -0.3 is 60.1 Å². The molecule has 1 aliphatic rings. The van der Waals surface area contributed by atoms with E-state index >= 15 is 0 Å². The van der Waals surface area contributed by atoms with Gasteiger partial charge in [-0.1, -0.05) is 80.0 Å². The van der Waals surface area contributed by atoms with E-state index in [0.29, 0.717) is 13.1 Å². The second kappa shape index (κ2) is 43.4. The van der Waals surface area contributed by atoms with E-state index in [9.17, 15) is 0 Å². The maximum absolute atomic E-state index is 5.61. The van der Waals surface area contributed by atoms with E-state index in [-0.39, 0.29) is 34.0 Å². The van der Waals surface area contributed by atoms with Crippen LogP contribution in [-0.2, 0) is 26.2 Å². The van der Waals surface area contributed by atoms with E-state index in [1.807, 2.05) is 114 Å². The Bertz CT molecular complexity index is 2220. The highest BCUT2D eigenvalue weighted by atomic mass is 79.9. The van der Waals surface area contributed by atoms with Gasteiger partial charge >= 0.3 is 11.9 Å². The molecule has 420 valence electrons. The van der Waals surface area contributed by atoms with Gasteiger partial charge in [-0.05, 0) is 150 Å². The summed E-state index contributed by atoms with van der Waals surface area (Å²) < 4.78 is 8.70. The summed E-state index contributed by atoms with van der Waals surface area (Å²) in [7, 11) is 12.1. The number of benzene rings is 3. The highest BCUT2D eigenvalue weighted by Gasteiger charge is 2.18. The van der Waals surface area contributed by atoms with E-state index in [4.69, 9.17) is 11.5 Å². The maximum Gasteiger partial charge on any atom is 0.421 e. The lowest BCUT2D eigenvalue weighted by atomic mass is 10.3. The van der Waals surface area contributed by atoms with E-state index in [0.717, 1.165) is 157 Å². The molecule has 2 aromatic heterocycles. The lowest BCUT2D eigenvalue weighted by Gasteiger charge is -2.11. The number of azo groups is 3. The van der Waals surface area contributed by atoms with Crippen LogP contribution in [0.3, 0.4) is 0 Å². The lowest BCUT2D eigenvalue weighted by Crippen LogP contribution is -3.00. The van der Waals surface area contributed by atoms with Crippen molar-refractivity contribution in [1.82, 2.24) is 9.13 Å². The van der Waals surface area contributed by atoms with Crippen LogP contribution in [0.25, 0.3) is 0 Å². The van der Waals surface area contributed by atoms with E-state index in [1.165, 1.54) is 12.8 Å². The largest absolute Gasteiger partial charge is 1.00 e. The Labute approximate surface area is 508 Å². The monoisotopic (exact) mass is 1430 g/mol. The van der Waals surface area contributed by atoms with Crippen LogP contribution in [0.2, 0.25) is 0 Å². The number of hydrogen-bond acceptors (Lipinski definition) is 12. The molecule has 0 unspecified atom stereocenters. The van der Waals surface area contributed by atoms with Crippen molar-refractivity contribution in [2.45, 2.75) is 96.8 Å². The molecule has 6 rings (SSSR count). The number of aromatic nitrogens is 4. The Hall–Kier alpha value is -3.51. The Kier molecular flexibility index (Phi) is 40.2. The molecule has 22 heteroatoms. The Morgan fingerprint density at radius 1 is 0.474 bits per heavy atom. The fourth-order valence-electron chi connectivity index (χ4n) is 6.83. The number of nitrogens with zero attached hydrogens (tertiary/aromatic N) is 14. The van der Waals surface area contributed by atoms with Crippen molar-refractivity contribution in [2.75, 3.05) is 91.4 Å². The summed E-state index contributed by atoms with van der Waals surface area (Å²) in [4.78, 5) is 10.3. The van der Waals surface area contributed by atoms with Gasteiger partial charge in [0.2, 0.25) is 0 Å². The molecule has 16 nitrogen and oxygen atoms in total. The number of rotatable bonds is 27. The summed E-state index contributed by atoms with van der Waals surface area (Å²) in [6, 6.07) is 24.1. The van der Waals surface area contributed by atoms with Crippen molar-refractivity contribution in [3.05, 3.63) is 110 Å². The molecule has 76 heavy (non-hydrogen) atoms. The first-order valence-corrected chi connectivity index (χ1v) is 30.1. The fourth-order valence-corrected chi connectivity index (χ4v) is 8.42. The maximum atomic E-state index is 5.61. The summed E-state index contributed by atoms with van der Waals surface area (Å²) >= 11 is 13.7. The lowest BCUT2D eigenvalue weighted by molar-refractivity contribution is -0.684. The zero-order chi connectivity index (χ0) is 53.8. The van der Waals surface area contributed by atoms with Gasteiger partial charge in [-0.3, -0.25) is 0 Å². The highest BCUT2D eigenvalue weighted by Crippen LogP contribution is 2.23. The minimum Gasteiger partial charge on any atom is -1.00 e. The van der Waals surface area contributed by atoms with Gasteiger partial charge in [-0.15, -0.1) is 10.2 Å². The molecular formula is C54H82Br6N16. The van der Waals surface area contributed by atoms with Crippen LogP contribution >= 0.6 is 63.7 Å². The molecule has 4 N–H and O–H groups in total. The number of hydrogen-bond donors (Lipinski definition) is 2. The minimum absolute atomic E-state index is 0. The second-order valence-electron chi connectivity index (χ2n) is 17.8. The molecule has 0 aliphatic carbocycles. The molecule has 0 amide bonds. The molecule has 0 saturated heterocycles. The van der Waals surface area contributed by atoms with Gasteiger partial charge in [0, 0.05) is 104 Å². The molecule has 5 aromatic rings. The predicted octanol–water partition coefficient (Wildman–Crippen LogP) is 8.06. The molecule has 0 atom stereocenters. The van der Waals surface area contributed by atoms with Gasteiger partial charge in [0.25, 0.3) is 0 Å². The first kappa shape index (κ1) is 70.5. The Morgan fingerprint density at radius 3 is 1.17 bits per heavy atom. The summed E-state index contributed by atoms with van der Waals surface area (Å²) in [6.07, 6.45) is 24.1. The van der Waals surface area contributed by atoms with Crippen molar-refractivity contribution in [3.8, 4) is 0 Å². The summed E-state index contributed by atoms with van der Waals surface area (Å²) in [6.45, 7) is 5.15. The molecule has 0 radical (unpaired) electrons. The van der Waals surface area contributed by atoms with Crippen molar-refractivity contribution in [1.29, 1.82) is 0 Å². The topological polar surface area (TPSA) is 166 Å². The number of imidazole rings is 2. The summed E-state index contributed by atoms with van der Waals surface area (Å²) in [5.74, 6) is 2.55. The second-order valence-corrected chi connectivity index (χ2v) is 21.0. The van der Waals surface area contributed by atoms with Crippen LogP contribution in [0.1, 0.15) is 70.6 Å². The normalized spacial score (nSPS) is 11.6. The van der Waals surface area contributed by atoms with E-state index in [2.05, 4.69) is 164 Å².